The molecule has 2 unspecified atom stereocenters. The molecule has 0 spiro atoms. The van der Waals surface area contributed by atoms with Crippen molar-refractivity contribution in [3.05, 3.63) is 29.8 Å². The first-order chi connectivity index (χ1) is 8.86. The second-order valence-corrected chi connectivity index (χ2v) is 5.41. The highest BCUT2D eigenvalue weighted by Gasteiger charge is 2.32. The lowest BCUT2D eigenvalue weighted by atomic mass is 9.90. The summed E-state index contributed by atoms with van der Waals surface area (Å²) in [6, 6.07) is 9.05. The Morgan fingerprint density at radius 2 is 2.11 bits per heavy atom. The van der Waals surface area contributed by atoms with E-state index in [-0.39, 0.29) is 0 Å². The summed E-state index contributed by atoms with van der Waals surface area (Å²) in [5.41, 5.74) is 1.37. The van der Waals surface area contributed by atoms with E-state index >= 15 is 0 Å². The third-order valence-corrected chi connectivity index (χ3v) is 4.05. The molecule has 0 aromatic heterocycles. The van der Waals surface area contributed by atoms with Gasteiger partial charge in [-0.05, 0) is 19.0 Å². The van der Waals surface area contributed by atoms with Crippen LogP contribution >= 0.6 is 0 Å². The van der Waals surface area contributed by atoms with E-state index in [0.29, 0.717) is 12.0 Å². The lowest BCUT2D eigenvalue weighted by Crippen LogP contribution is -2.39. The van der Waals surface area contributed by atoms with Crippen molar-refractivity contribution in [2.75, 3.05) is 32.8 Å². The van der Waals surface area contributed by atoms with E-state index in [9.17, 15) is 0 Å². The summed E-state index contributed by atoms with van der Waals surface area (Å²) in [7, 11) is 0. The summed E-state index contributed by atoms with van der Waals surface area (Å²) in [5, 5.41) is 3.48. The lowest BCUT2D eigenvalue weighted by Gasteiger charge is -2.39. The van der Waals surface area contributed by atoms with Gasteiger partial charge in [0.25, 0.3) is 0 Å². The van der Waals surface area contributed by atoms with Gasteiger partial charge in [-0.25, -0.2) is 0 Å². The molecule has 98 valence electrons. The molecule has 2 heterocycles. The zero-order valence-corrected chi connectivity index (χ0v) is 11.1. The number of nitrogens with zero attached hydrogens (tertiary/aromatic N) is 1. The number of fused-ring (bicyclic) bond motifs is 1. The first kappa shape index (κ1) is 12.0. The second-order valence-electron chi connectivity index (χ2n) is 5.41. The smallest absolute Gasteiger partial charge is 0.124 e. The zero-order chi connectivity index (χ0) is 12.4. The van der Waals surface area contributed by atoms with Crippen LogP contribution in [0.1, 0.15) is 24.9 Å². The van der Waals surface area contributed by atoms with Crippen molar-refractivity contribution in [2.24, 2.45) is 5.92 Å². The van der Waals surface area contributed by atoms with Crippen LogP contribution in [0.3, 0.4) is 0 Å². The molecule has 2 aliphatic rings. The Morgan fingerprint density at radius 3 is 3.06 bits per heavy atom. The lowest BCUT2D eigenvalue weighted by molar-refractivity contribution is 0.0950. The molecule has 2 aliphatic heterocycles. The topological polar surface area (TPSA) is 24.5 Å². The highest BCUT2D eigenvalue weighted by atomic mass is 16.5. The van der Waals surface area contributed by atoms with Gasteiger partial charge in [0.2, 0.25) is 0 Å². The molecule has 0 aliphatic carbocycles. The highest BCUT2D eigenvalue weighted by molar-refractivity contribution is 5.38. The fraction of sp³-hybridized carbons (Fsp3) is 0.600. The summed E-state index contributed by atoms with van der Waals surface area (Å²) in [6.07, 6.45) is 1.24. The molecule has 3 rings (SSSR count). The van der Waals surface area contributed by atoms with E-state index in [1.165, 1.54) is 18.5 Å². The van der Waals surface area contributed by atoms with Crippen LogP contribution in [0.15, 0.2) is 24.3 Å². The summed E-state index contributed by atoms with van der Waals surface area (Å²) < 4.78 is 5.85. The number of nitrogens with one attached hydrogen (secondary N) is 1. The zero-order valence-electron chi connectivity index (χ0n) is 11.1. The number of rotatable bonds is 1. The molecule has 0 radical (unpaired) electrons. The van der Waals surface area contributed by atoms with E-state index in [4.69, 9.17) is 4.74 Å². The molecule has 1 fully saturated rings. The van der Waals surface area contributed by atoms with E-state index < -0.39 is 0 Å². The average Bonchev–Trinajstić information content (AvgIpc) is 2.67. The maximum Gasteiger partial charge on any atom is 0.124 e. The third-order valence-electron chi connectivity index (χ3n) is 4.05. The van der Waals surface area contributed by atoms with Gasteiger partial charge in [0, 0.05) is 37.2 Å². The van der Waals surface area contributed by atoms with Crippen LogP contribution in [0.5, 0.6) is 5.75 Å². The van der Waals surface area contributed by atoms with Crippen molar-refractivity contribution in [3.8, 4) is 5.75 Å². The van der Waals surface area contributed by atoms with Gasteiger partial charge in [-0.1, -0.05) is 25.1 Å². The first-order valence-electron chi connectivity index (χ1n) is 7.03. The molecular formula is C15H22N2O. The summed E-state index contributed by atoms with van der Waals surface area (Å²) in [4.78, 5) is 2.63. The molecule has 3 nitrogen and oxygen atoms in total. The van der Waals surface area contributed by atoms with Crippen LogP contribution in [0, 0.1) is 5.92 Å². The number of ether oxygens (including phenoxy) is 1. The van der Waals surface area contributed by atoms with Gasteiger partial charge in [-0.15, -0.1) is 0 Å². The molecule has 1 saturated heterocycles. The quantitative estimate of drug-likeness (QED) is 0.821. The highest BCUT2D eigenvalue weighted by Crippen LogP contribution is 2.39. The van der Waals surface area contributed by atoms with Crippen molar-refractivity contribution in [1.29, 1.82) is 0 Å². The molecule has 1 N–H and O–H groups in total. The van der Waals surface area contributed by atoms with Crippen LogP contribution in [0.25, 0.3) is 0 Å². The predicted octanol–water partition coefficient (Wildman–Crippen LogP) is 2.05. The fourth-order valence-corrected chi connectivity index (χ4v) is 3.18. The SMILES string of the molecule is CC1COc2ccccc2C1N1CCCNCC1. The van der Waals surface area contributed by atoms with Gasteiger partial charge in [-0.3, -0.25) is 4.90 Å². The minimum atomic E-state index is 0.523. The largest absolute Gasteiger partial charge is 0.493 e. The number of para-hydroxylation sites is 1. The normalized spacial score (nSPS) is 29.2. The van der Waals surface area contributed by atoms with E-state index in [0.717, 1.165) is 32.0 Å². The number of hydrogen-bond acceptors (Lipinski definition) is 3. The van der Waals surface area contributed by atoms with E-state index in [2.05, 4.69) is 41.4 Å². The molecule has 3 heteroatoms. The van der Waals surface area contributed by atoms with Crippen LogP contribution in [-0.2, 0) is 0 Å². The van der Waals surface area contributed by atoms with Crippen LogP contribution < -0.4 is 10.1 Å². The second kappa shape index (κ2) is 5.29. The summed E-state index contributed by atoms with van der Waals surface area (Å²) in [6.45, 7) is 7.73. The summed E-state index contributed by atoms with van der Waals surface area (Å²) >= 11 is 0. The molecule has 1 aromatic rings. The average molecular weight is 246 g/mol. The van der Waals surface area contributed by atoms with Gasteiger partial charge in [-0.2, -0.15) is 0 Å². The summed E-state index contributed by atoms with van der Waals surface area (Å²) in [5.74, 6) is 1.65. The number of benzene rings is 1. The maximum absolute atomic E-state index is 5.85. The van der Waals surface area contributed by atoms with Crippen molar-refractivity contribution in [1.82, 2.24) is 10.2 Å². The van der Waals surface area contributed by atoms with Gasteiger partial charge in [0.05, 0.1) is 6.61 Å². The van der Waals surface area contributed by atoms with Crippen molar-refractivity contribution in [2.45, 2.75) is 19.4 Å². The standard InChI is InChI=1S/C15H22N2O/c1-12-11-18-14-6-3-2-5-13(14)15(12)17-9-4-7-16-8-10-17/h2-3,5-6,12,15-16H,4,7-11H2,1H3. The van der Waals surface area contributed by atoms with Crippen molar-refractivity contribution in [3.63, 3.8) is 0 Å². The molecule has 1 aromatic carbocycles. The van der Waals surface area contributed by atoms with Crippen LogP contribution in [0.4, 0.5) is 0 Å². The fourth-order valence-electron chi connectivity index (χ4n) is 3.18. The van der Waals surface area contributed by atoms with E-state index in [1.54, 1.807) is 0 Å². The molecular weight excluding hydrogens is 224 g/mol. The van der Waals surface area contributed by atoms with Gasteiger partial charge in [0.15, 0.2) is 0 Å². The van der Waals surface area contributed by atoms with Gasteiger partial charge in [0.1, 0.15) is 5.75 Å². The Hall–Kier alpha value is -1.06. The molecule has 18 heavy (non-hydrogen) atoms. The Labute approximate surface area is 109 Å². The van der Waals surface area contributed by atoms with Crippen molar-refractivity contribution >= 4 is 0 Å². The van der Waals surface area contributed by atoms with E-state index in [1.807, 2.05) is 0 Å². The molecule has 0 amide bonds. The van der Waals surface area contributed by atoms with Crippen LogP contribution in [-0.4, -0.2) is 37.7 Å². The molecule has 0 saturated carbocycles. The molecule has 2 atom stereocenters. The third kappa shape index (κ3) is 2.25. The Morgan fingerprint density at radius 1 is 1.22 bits per heavy atom. The Balaban J connectivity index is 1.89. The molecule has 0 bridgehead atoms. The minimum absolute atomic E-state index is 0.523. The Kier molecular flexibility index (Phi) is 3.52. The van der Waals surface area contributed by atoms with Gasteiger partial charge >= 0.3 is 0 Å². The van der Waals surface area contributed by atoms with Gasteiger partial charge < -0.3 is 10.1 Å². The first-order valence-corrected chi connectivity index (χ1v) is 7.03. The monoisotopic (exact) mass is 246 g/mol. The van der Waals surface area contributed by atoms with Crippen molar-refractivity contribution < 1.29 is 4.74 Å². The predicted molar refractivity (Wildman–Crippen MR) is 72.9 cm³/mol. The maximum atomic E-state index is 5.85. The van der Waals surface area contributed by atoms with Crippen LogP contribution in [0.2, 0.25) is 0 Å². The number of hydrogen-bond donors (Lipinski definition) is 1. The Bertz CT molecular complexity index is 399. The minimum Gasteiger partial charge on any atom is -0.493 e.